The molecule has 0 amide bonds. The van der Waals surface area contributed by atoms with E-state index >= 15 is 0 Å². The molecular formula is C10H19NO4S. The van der Waals surface area contributed by atoms with Crippen LogP contribution in [0, 0.1) is 5.92 Å². The molecule has 1 atom stereocenters. The van der Waals surface area contributed by atoms with Crippen molar-refractivity contribution in [3.8, 4) is 0 Å². The maximum absolute atomic E-state index is 11.7. The molecule has 6 heteroatoms. The fraction of sp³-hybridized carbons (Fsp3) is 0.900. The van der Waals surface area contributed by atoms with E-state index in [0.717, 1.165) is 19.4 Å². The van der Waals surface area contributed by atoms with Crippen molar-refractivity contribution in [3.63, 3.8) is 0 Å². The molecule has 1 fully saturated rings. The van der Waals surface area contributed by atoms with Crippen LogP contribution in [-0.2, 0) is 19.4 Å². The largest absolute Gasteiger partial charge is 0.468 e. The zero-order valence-corrected chi connectivity index (χ0v) is 10.5. The zero-order chi connectivity index (χ0) is 12.2. The van der Waals surface area contributed by atoms with Crippen molar-refractivity contribution < 1.29 is 17.9 Å². The summed E-state index contributed by atoms with van der Waals surface area (Å²) < 4.78 is 27.7. The van der Waals surface area contributed by atoms with Crippen molar-refractivity contribution in [3.05, 3.63) is 0 Å². The second-order valence-corrected chi connectivity index (χ2v) is 6.24. The molecule has 0 heterocycles. The summed E-state index contributed by atoms with van der Waals surface area (Å²) in [5.74, 6) is -0.725. The fourth-order valence-electron chi connectivity index (χ4n) is 1.69. The summed E-state index contributed by atoms with van der Waals surface area (Å²) in [5, 5.41) is 3.16. The minimum absolute atomic E-state index is 0.0142. The number of rotatable bonds is 7. The molecule has 1 aliphatic rings. The van der Waals surface area contributed by atoms with Crippen LogP contribution in [-0.4, -0.2) is 45.6 Å². The summed E-state index contributed by atoms with van der Waals surface area (Å²) in [7, 11) is -2.16. The highest BCUT2D eigenvalue weighted by Crippen LogP contribution is 2.33. The number of esters is 1. The molecule has 0 radical (unpaired) electrons. The van der Waals surface area contributed by atoms with Crippen LogP contribution in [0.5, 0.6) is 0 Å². The van der Waals surface area contributed by atoms with Gasteiger partial charge in [-0.15, -0.1) is 0 Å². The lowest BCUT2D eigenvalue weighted by molar-refractivity contribution is -0.137. The van der Waals surface area contributed by atoms with Gasteiger partial charge in [0.05, 0.1) is 12.9 Å². The number of hydrogen-bond donors (Lipinski definition) is 1. The maximum atomic E-state index is 11.7. The second kappa shape index (κ2) is 5.63. The Hall–Kier alpha value is -0.620. The lowest BCUT2D eigenvalue weighted by atomic mass is 10.2. The summed E-state index contributed by atoms with van der Waals surface area (Å²) >= 11 is 0. The Bertz CT molecular complexity index is 335. The summed E-state index contributed by atoms with van der Waals surface area (Å²) in [6.07, 6.45) is 2.15. The molecule has 0 aliphatic heterocycles. The van der Waals surface area contributed by atoms with Crippen molar-refractivity contribution >= 4 is 15.8 Å². The molecule has 0 saturated heterocycles. The van der Waals surface area contributed by atoms with Crippen LogP contribution in [0.3, 0.4) is 0 Å². The third kappa shape index (κ3) is 4.49. The molecule has 1 unspecified atom stereocenters. The lowest BCUT2D eigenvalue weighted by Gasteiger charge is -2.16. The predicted octanol–water partition coefficient (Wildman–Crippen LogP) is -0.0377. The molecular weight excluding hydrogens is 230 g/mol. The number of nitrogens with one attached hydrogen (secondary N) is 1. The first-order chi connectivity index (χ1) is 7.48. The molecule has 1 aliphatic carbocycles. The van der Waals surface area contributed by atoms with E-state index < -0.39 is 21.6 Å². The van der Waals surface area contributed by atoms with E-state index in [1.54, 1.807) is 0 Å². The van der Waals surface area contributed by atoms with Gasteiger partial charge in [0.2, 0.25) is 0 Å². The van der Waals surface area contributed by atoms with Gasteiger partial charge in [-0.1, -0.05) is 6.92 Å². The Morgan fingerprint density at radius 3 is 2.56 bits per heavy atom. The van der Waals surface area contributed by atoms with Crippen LogP contribution in [0.25, 0.3) is 0 Å². The molecule has 5 nitrogen and oxygen atoms in total. The Morgan fingerprint density at radius 2 is 2.12 bits per heavy atom. The summed E-state index contributed by atoms with van der Waals surface area (Å²) in [6.45, 7) is 2.69. The summed E-state index contributed by atoms with van der Waals surface area (Å²) in [4.78, 5) is 10.9. The Morgan fingerprint density at radius 1 is 1.50 bits per heavy atom. The monoisotopic (exact) mass is 249 g/mol. The van der Waals surface area contributed by atoms with Gasteiger partial charge >= 0.3 is 5.97 Å². The molecule has 16 heavy (non-hydrogen) atoms. The molecule has 0 spiro atoms. The van der Waals surface area contributed by atoms with E-state index in [9.17, 15) is 13.2 Å². The first kappa shape index (κ1) is 13.4. The zero-order valence-electron chi connectivity index (χ0n) is 9.73. The Kier molecular flexibility index (Phi) is 4.73. The Balaban J connectivity index is 2.51. The van der Waals surface area contributed by atoms with Crippen molar-refractivity contribution in [1.82, 2.24) is 5.32 Å². The van der Waals surface area contributed by atoms with E-state index in [-0.39, 0.29) is 11.8 Å². The van der Waals surface area contributed by atoms with Crippen LogP contribution < -0.4 is 5.32 Å². The number of carbonyl (C=O) groups is 1. The van der Waals surface area contributed by atoms with Crippen LogP contribution in [0.4, 0.5) is 0 Å². The SMILES string of the molecule is CCNC(CS(=O)(=O)CC(=O)OC)C1CC1. The number of sulfone groups is 1. The van der Waals surface area contributed by atoms with Gasteiger partial charge in [-0.2, -0.15) is 0 Å². The molecule has 0 aromatic heterocycles. The number of carbonyl (C=O) groups excluding carboxylic acids is 1. The minimum atomic E-state index is -3.36. The molecule has 1 rings (SSSR count). The third-order valence-corrected chi connectivity index (χ3v) is 4.20. The average Bonchev–Trinajstić information content (AvgIpc) is 2.99. The average molecular weight is 249 g/mol. The van der Waals surface area contributed by atoms with E-state index in [2.05, 4.69) is 10.1 Å². The van der Waals surface area contributed by atoms with Crippen LogP contribution in [0.2, 0.25) is 0 Å². The van der Waals surface area contributed by atoms with E-state index in [4.69, 9.17) is 0 Å². The standard InChI is InChI=1S/C10H19NO4S/c1-3-11-9(8-4-5-8)6-16(13,14)7-10(12)15-2/h8-9,11H,3-7H2,1-2H3. The van der Waals surface area contributed by atoms with Crippen molar-refractivity contribution in [2.45, 2.75) is 25.8 Å². The van der Waals surface area contributed by atoms with Gasteiger partial charge < -0.3 is 10.1 Å². The summed E-state index contributed by atoms with van der Waals surface area (Å²) in [6, 6.07) is -0.0142. The van der Waals surface area contributed by atoms with Gasteiger partial charge in [0.1, 0.15) is 5.75 Å². The first-order valence-electron chi connectivity index (χ1n) is 5.49. The quantitative estimate of drug-likeness (QED) is 0.641. The Labute approximate surface area is 96.5 Å². The minimum Gasteiger partial charge on any atom is -0.468 e. The molecule has 1 N–H and O–H groups in total. The van der Waals surface area contributed by atoms with Crippen LogP contribution >= 0.6 is 0 Å². The summed E-state index contributed by atoms with van der Waals surface area (Å²) in [5.41, 5.74) is 0. The van der Waals surface area contributed by atoms with Gasteiger partial charge in [-0.25, -0.2) is 8.42 Å². The topological polar surface area (TPSA) is 72.5 Å². The molecule has 0 bridgehead atoms. The number of methoxy groups -OCH3 is 1. The van der Waals surface area contributed by atoms with Gasteiger partial charge in [0.15, 0.2) is 9.84 Å². The van der Waals surface area contributed by atoms with Gasteiger partial charge in [-0.3, -0.25) is 4.79 Å². The first-order valence-corrected chi connectivity index (χ1v) is 7.31. The molecule has 1 saturated carbocycles. The van der Waals surface area contributed by atoms with Gasteiger partial charge in [0, 0.05) is 6.04 Å². The van der Waals surface area contributed by atoms with E-state index in [1.807, 2.05) is 6.92 Å². The number of ether oxygens (including phenoxy) is 1. The molecule has 0 aromatic carbocycles. The highest BCUT2D eigenvalue weighted by Gasteiger charge is 2.34. The lowest BCUT2D eigenvalue weighted by Crippen LogP contribution is -2.39. The number of hydrogen-bond acceptors (Lipinski definition) is 5. The predicted molar refractivity (Wildman–Crippen MR) is 60.9 cm³/mol. The smallest absolute Gasteiger partial charge is 0.320 e. The third-order valence-electron chi connectivity index (χ3n) is 2.66. The van der Waals surface area contributed by atoms with Crippen molar-refractivity contribution in [2.75, 3.05) is 25.2 Å². The van der Waals surface area contributed by atoms with Gasteiger partial charge in [-0.05, 0) is 25.3 Å². The highest BCUT2D eigenvalue weighted by atomic mass is 32.2. The van der Waals surface area contributed by atoms with Gasteiger partial charge in [0.25, 0.3) is 0 Å². The maximum Gasteiger partial charge on any atom is 0.320 e. The highest BCUT2D eigenvalue weighted by molar-refractivity contribution is 7.92. The fourth-order valence-corrected chi connectivity index (χ4v) is 3.23. The van der Waals surface area contributed by atoms with Crippen LogP contribution in [0.1, 0.15) is 19.8 Å². The van der Waals surface area contributed by atoms with Crippen molar-refractivity contribution in [1.29, 1.82) is 0 Å². The molecule has 0 aromatic rings. The second-order valence-electron chi connectivity index (χ2n) is 4.13. The van der Waals surface area contributed by atoms with E-state index in [1.165, 1.54) is 7.11 Å². The normalized spacial score (nSPS) is 18.1. The van der Waals surface area contributed by atoms with Crippen molar-refractivity contribution in [2.24, 2.45) is 5.92 Å². The van der Waals surface area contributed by atoms with E-state index in [0.29, 0.717) is 5.92 Å². The molecule has 94 valence electrons. The van der Waals surface area contributed by atoms with Crippen LogP contribution in [0.15, 0.2) is 0 Å².